The van der Waals surface area contributed by atoms with Crippen molar-refractivity contribution in [3.8, 4) is 0 Å². The number of carbonyl (C=O) groups is 1. The molecule has 3 aromatic rings. The number of rotatable bonds is 9. The largest absolute Gasteiger partial charge is 0.463 e. The summed E-state index contributed by atoms with van der Waals surface area (Å²) in [5.41, 5.74) is 3.19. The molecule has 3 aromatic carbocycles. The van der Waals surface area contributed by atoms with Crippen LogP contribution in [0.4, 0.5) is 4.39 Å². The fourth-order valence-corrected chi connectivity index (χ4v) is 3.52. The molecular weight excluding hydrogens is 377 g/mol. The van der Waals surface area contributed by atoms with Gasteiger partial charge in [0.1, 0.15) is 5.82 Å². The number of nitrogens with zero attached hydrogens (tertiary/aromatic N) is 1. The fraction of sp³-hybridized carbons (Fsp3) is 0.269. The van der Waals surface area contributed by atoms with E-state index >= 15 is 0 Å². The molecule has 30 heavy (non-hydrogen) atoms. The van der Waals surface area contributed by atoms with Crippen molar-refractivity contribution in [2.45, 2.75) is 45.5 Å². The van der Waals surface area contributed by atoms with E-state index in [0.717, 1.165) is 16.7 Å². The van der Waals surface area contributed by atoms with E-state index in [1.54, 1.807) is 12.1 Å². The number of ether oxygens (including phenoxy) is 1. The first-order valence-electron chi connectivity index (χ1n) is 10.3. The van der Waals surface area contributed by atoms with Gasteiger partial charge in [-0.05, 0) is 42.7 Å². The quantitative estimate of drug-likeness (QED) is 0.415. The van der Waals surface area contributed by atoms with Crippen molar-refractivity contribution in [1.29, 1.82) is 0 Å². The minimum atomic E-state index is -0.292. The molecule has 3 nitrogen and oxygen atoms in total. The van der Waals surface area contributed by atoms with Gasteiger partial charge >= 0.3 is 5.97 Å². The third kappa shape index (κ3) is 6.53. The Kier molecular flexibility index (Phi) is 7.75. The van der Waals surface area contributed by atoms with Gasteiger partial charge in [-0.15, -0.1) is 0 Å². The summed E-state index contributed by atoms with van der Waals surface area (Å²) in [6, 6.07) is 26.5. The van der Waals surface area contributed by atoms with Crippen LogP contribution in [0.5, 0.6) is 0 Å². The van der Waals surface area contributed by atoms with Gasteiger partial charge in [-0.25, -0.2) is 4.39 Å². The van der Waals surface area contributed by atoms with Crippen LogP contribution in [0.3, 0.4) is 0 Å². The van der Waals surface area contributed by atoms with Crippen molar-refractivity contribution in [2.24, 2.45) is 0 Å². The predicted octanol–water partition coefficient (Wildman–Crippen LogP) is 5.91. The average Bonchev–Trinajstić information content (AvgIpc) is 2.73. The molecule has 0 radical (unpaired) electrons. The van der Waals surface area contributed by atoms with E-state index in [1.165, 1.54) is 12.1 Å². The summed E-state index contributed by atoms with van der Waals surface area (Å²) in [5, 5.41) is 0. The van der Waals surface area contributed by atoms with Gasteiger partial charge < -0.3 is 4.74 Å². The Morgan fingerprint density at radius 3 is 1.80 bits per heavy atom. The van der Waals surface area contributed by atoms with Crippen molar-refractivity contribution >= 4 is 5.97 Å². The lowest BCUT2D eigenvalue weighted by atomic mass is 10.00. The molecule has 0 amide bonds. The van der Waals surface area contributed by atoms with Crippen LogP contribution < -0.4 is 0 Å². The van der Waals surface area contributed by atoms with Crippen LogP contribution in [0.1, 0.15) is 43.0 Å². The third-order valence-electron chi connectivity index (χ3n) is 4.88. The van der Waals surface area contributed by atoms with Crippen LogP contribution in [-0.4, -0.2) is 17.0 Å². The van der Waals surface area contributed by atoms with Crippen molar-refractivity contribution in [3.05, 3.63) is 107 Å². The highest BCUT2D eigenvalue weighted by Gasteiger charge is 2.25. The lowest BCUT2D eigenvalue weighted by Crippen LogP contribution is -2.31. The Morgan fingerprint density at radius 2 is 1.33 bits per heavy atom. The van der Waals surface area contributed by atoms with Crippen LogP contribution in [0.2, 0.25) is 0 Å². The van der Waals surface area contributed by atoms with E-state index in [2.05, 4.69) is 29.2 Å². The van der Waals surface area contributed by atoms with E-state index in [-0.39, 0.29) is 30.4 Å². The number of hydrogen-bond donors (Lipinski definition) is 0. The van der Waals surface area contributed by atoms with Crippen LogP contribution in [-0.2, 0) is 22.6 Å². The molecule has 0 aliphatic rings. The number of esters is 1. The molecule has 0 fully saturated rings. The van der Waals surface area contributed by atoms with Crippen LogP contribution in [0.25, 0.3) is 0 Å². The predicted molar refractivity (Wildman–Crippen MR) is 117 cm³/mol. The molecule has 0 aliphatic heterocycles. The van der Waals surface area contributed by atoms with Gasteiger partial charge in [0.15, 0.2) is 0 Å². The zero-order chi connectivity index (χ0) is 21.3. The summed E-state index contributed by atoms with van der Waals surface area (Å²) >= 11 is 0. The monoisotopic (exact) mass is 405 g/mol. The molecule has 0 aliphatic carbocycles. The van der Waals surface area contributed by atoms with Gasteiger partial charge in [0.05, 0.1) is 12.5 Å². The molecule has 0 heterocycles. The molecule has 0 N–H and O–H groups in total. The third-order valence-corrected chi connectivity index (χ3v) is 4.88. The maximum absolute atomic E-state index is 13.6. The maximum atomic E-state index is 13.6. The Bertz CT molecular complexity index is 869. The van der Waals surface area contributed by atoms with E-state index in [0.29, 0.717) is 13.1 Å². The summed E-state index contributed by atoms with van der Waals surface area (Å²) in [4.78, 5) is 14.8. The van der Waals surface area contributed by atoms with E-state index in [1.807, 2.05) is 50.2 Å². The summed E-state index contributed by atoms with van der Waals surface area (Å²) in [7, 11) is 0. The SMILES string of the molecule is CC(C)OC(=O)CC(c1ccc(F)cc1)N(Cc1ccccc1)Cc1ccccc1. The zero-order valence-electron chi connectivity index (χ0n) is 17.5. The summed E-state index contributed by atoms with van der Waals surface area (Å²) in [6.45, 7) is 5.01. The second kappa shape index (κ2) is 10.7. The number of carbonyl (C=O) groups excluding carboxylic acids is 1. The van der Waals surface area contributed by atoms with Crippen molar-refractivity contribution < 1.29 is 13.9 Å². The Labute approximate surface area is 178 Å². The van der Waals surface area contributed by atoms with E-state index in [4.69, 9.17) is 4.74 Å². The molecule has 0 bridgehead atoms. The first-order chi connectivity index (χ1) is 14.5. The Morgan fingerprint density at radius 1 is 0.833 bits per heavy atom. The van der Waals surface area contributed by atoms with E-state index in [9.17, 15) is 9.18 Å². The summed E-state index contributed by atoms with van der Waals surface area (Å²) in [6.07, 6.45) is 0.0202. The minimum Gasteiger partial charge on any atom is -0.463 e. The number of hydrogen-bond acceptors (Lipinski definition) is 3. The highest BCUT2D eigenvalue weighted by Crippen LogP contribution is 2.29. The Balaban J connectivity index is 1.94. The van der Waals surface area contributed by atoms with E-state index < -0.39 is 0 Å². The molecule has 4 heteroatoms. The molecule has 0 saturated heterocycles. The lowest BCUT2D eigenvalue weighted by molar-refractivity contribution is -0.149. The van der Waals surface area contributed by atoms with Crippen molar-refractivity contribution in [3.63, 3.8) is 0 Å². The summed E-state index contributed by atoms with van der Waals surface area (Å²) < 4.78 is 19.0. The van der Waals surface area contributed by atoms with Gasteiger partial charge in [-0.2, -0.15) is 0 Å². The normalized spacial score (nSPS) is 12.2. The number of halogens is 1. The van der Waals surface area contributed by atoms with Gasteiger partial charge in [0.25, 0.3) is 0 Å². The van der Waals surface area contributed by atoms with Gasteiger partial charge in [0.2, 0.25) is 0 Å². The molecule has 156 valence electrons. The lowest BCUT2D eigenvalue weighted by Gasteiger charge is -2.32. The molecule has 1 atom stereocenters. The topological polar surface area (TPSA) is 29.5 Å². The molecule has 1 unspecified atom stereocenters. The smallest absolute Gasteiger partial charge is 0.307 e. The zero-order valence-corrected chi connectivity index (χ0v) is 17.5. The molecule has 3 rings (SSSR count). The summed E-state index contributed by atoms with van der Waals surface area (Å²) in [5.74, 6) is -0.551. The first kappa shape index (κ1) is 21.7. The van der Waals surface area contributed by atoms with Crippen molar-refractivity contribution in [1.82, 2.24) is 4.90 Å². The molecular formula is C26H28FNO2. The van der Waals surface area contributed by atoms with Crippen LogP contribution >= 0.6 is 0 Å². The minimum absolute atomic E-state index is 0.178. The molecule has 0 aromatic heterocycles. The van der Waals surface area contributed by atoms with Crippen molar-refractivity contribution in [2.75, 3.05) is 0 Å². The van der Waals surface area contributed by atoms with Gasteiger partial charge in [0, 0.05) is 19.1 Å². The van der Waals surface area contributed by atoms with Crippen LogP contribution in [0.15, 0.2) is 84.9 Å². The highest BCUT2D eigenvalue weighted by molar-refractivity contribution is 5.70. The van der Waals surface area contributed by atoms with Crippen LogP contribution in [0, 0.1) is 5.82 Å². The molecule has 0 spiro atoms. The maximum Gasteiger partial charge on any atom is 0.307 e. The fourth-order valence-electron chi connectivity index (χ4n) is 3.52. The highest BCUT2D eigenvalue weighted by atomic mass is 19.1. The average molecular weight is 406 g/mol. The second-order valence-electron chi connectivity index (χ2n) is 7.69. The second-order valence-corrected chi connectivity index (χ2v) is 7.69. The van der Waals surface area contributed by atoms with Gasteiger partial charge in [-0.3, -0.25) is 9.69 Å². The first-order valence-corrected chi connectivity index (χ1v) is 10.3. The Hall–Kier alpha value is -2.98. The molecule has 0 saturated carbocycles. The van der Waals surface area contributed by atoms with Gasteiger partial charge in [-0.1, -0.05) is 72.8 Å². The number of benzene rings is 3. The standard InChI is InChI=1S/C26H28FNO2/c1-20(2)30-26(29)17-25(23-13-15-24(27)16-14-23)28(18-21-9-5-3-6-10-21)19-22-11-7-4-8-12-22/h3-16,20,25H,17-19H2,1-2H3.